The third kappa shape index (κ3) is 3.15. The standard InChI is InChI=1S/C22H16N2OS/c25-16-24(21-9-5-15-26-21)20-13-12-18(19-8-4-14-23-22(19)20)11-10-17-6-2-1-3-7-17/h1-16H. The Morgan fingerprint density at radius 2 is 1.77 bits per heavy atom. The van der Waals surface area contributed by atoms with E-state index in [4.69, 9.17) is 0 Å². The van der Waals surface area contributed by atoms with Gasteiger partial charge in [-0.2, -0.15) is 0 Å². The highest BCUT2D eigenvalue weighted by Gasteiger charge is 2.14. The van der Waals surface area contributed by atoms with Crippen LogP contribution in [0.4, 0.5) is 10.7 Å². The predicted molar refractivity (Wildman–Crippen MR) is 110 cm³/mol. The van der Waals surface area contributed by atoms with Crippen LogP contribution in [-0.4, -0.2) is 11.4 Å². The number of nitrogens with zero attached hydrogens (tertiary/aromatic N) is 2. The first-order valence-corrected chi connectivity index (χ1v) is 9.14. The molecule has 0 radical (unpaired) electrons. The summed E-state index contributed by atoms with van der Waals surface area (Å²) in [5.41, 5.74) is 3.80. The Bertz CT molecular complexity index is 1060. The van der Waals surface area contributed by atoms with Crippen LogP contribution in [-0.2, 0) is 4.79 Å². The lowest BCUT2D eigenvalue weighted by molar-refractivity contribution is -0.106. The SMILES string of the molecule is O=CN(c1cccs1)c1ccc(C=Cc2ccccc2)c2cccnc12. The number of carbonyl (C=O) groups is 1. The van der Waals surface area contributed by atoms with E-state index in [9.17, 15) is 4.79 Å². The van der Waals surface area contributed by atoms with Crippen molar-refractivity contribution in [3.63, 3.8) is 0 Å². The lowest BCUT2D eigenvalue weighted by Gasteiger charge is -2.17. The van der Waals surface area contributed by atoms with Crippen molar-refractivity contribution in [2.45, 2.75) is 0 Å². The van der Waals surface area contributed by atoms with Gasteiger partial charge in [0, 0.05) is 11.6 Å². The molecule has 126 valence electrons. The third-order valence-corrected chi connectivity index (χ3v) is 5.01. The van der Waals surface area contributed by atoms with Crippen molar-refractivity contribution in [2.24, 2.45) is 0 Å². The van der Waals surface area contributed by atoms with E-state index in [0.717, 1.165) is 39.1 Å². The second-order valence-corrected chi connectivity index (χ2v) is 6.67. The first-order valence-electron chi connectivity index (χ1n) is 8.26. The summed E-state index contributed by atoms with van der Waals surface area (Å²) in [7, 11) is 0. The summed E-state index contributed by atoms with van der Waals surface area (Å²) in [5.74, 6) is 0. The average Bonchev–Trinajstić information content (AvgIpc) is 3.23. The van der Waals surface area contributed by atoms with Gasteiger partial charge < -0.3 is 0 Å². The zero-order chi connectivity index (χ0) is 17.8. The molecule has 0 aliphatic carbocycles. The molecule has 0 aliphatic heterocycles. The normalized spacial score (nSPS) is 11.1. The third-order valence-electron chi connectivity index (χ3n) is 4.15. The van der Waals surface area contributed by atoms with Gasteiger partial charge in [-0.1, -0.05) is 54.6 Å². The molecule has 4 heteroatoms. The number of pyridine rings is 1. The molecule has 3 nitrogen and oxygen atoms in total. The van der Waals surface area contributed by atoms with Crippen LogP contribution in [0.5, 0.6) is 0 Å². The zero-order valence-corrected chi connectivity index (χ0v) is 14.8. The molecule has 0 aliphatic rings. The molecule has 0 spiro atoms. The molecule has 0 N–H and O–H groups in total. The number of hydrogen-bond acceptors (Lipinski definition) is 3. The number of benzene rings is 2. The fourth-order valence-corrected chi connectivity index (χ4v) is 3.61. The largest absolute Gasteiger partial charge is 0.278 e. The summed E-state index contributed by atoms with van der Waals surface area (Å²) in [4.78, 5) is 17.9. The quantitative estimate of drug-likeness (QED) is 0.336. The lowest BCUT2D eigenvalue weighted by atomic mass is 10.0. The van der Waals surface area contributed by atoms with Gasteiger partial charge in [-0.25, -0.2) is 0 Å². The van der Waals surface area contributed by atoms with Crippen LogP contribution in [0, 0.1) is 0 Å². The van der Waals surface area contributed by atoms with E-state index in [1.807, 2.05) is 60.0 Å². The summed E-state index contributed by atoms with van der Waals surface area (Å²) in [6, 6.07) is 22.0. The molecule has 2 aromatic carbocycles. The maximum Gasteiger partial charge on any atom is 0.219 e. The zero-order valence-electron chi connectivity index (χ0n) is 13.9. The monoisotopic (exact) mass is 356 g/mol. The summed E-state index contributed by atoms with van der Waals surface area (Å²) in [6.07, 6.45) is 6.76. The van der Waals surface area contributed by atoms with Crippen molar-refractivity contribution in [1.29, 1.82) is 0 Å². The van der Waals surface area contributed by atoms with Crippen LogP contribution in [0.1, 0.15) is 11.1 Å². The number of fused-ring (bicyclic) bond motifs is 1. The minimum atomic E-state index is 0.787. The van der Waals surface area contributed by atoms with E-state index >= 15 is 0 Å². The first-order chi connectivity index (χ1) is 12.9. The fourth-order valence-electron chi connectivity index (χ4n) is 2.90. The van der Waals surface area contributed by atoms with E-state index in [-0.39, 0.29) is 0 Å². The van der Waals surface area contributed by atoms with Crippen molar-refractivity contribution in [1.82, 2.24) is 4.98 Å². The molecule has 26 heavy (non-hydrogen) atoms. The van der Waals surface area contributed by atoms with Gasteiger partial charge in [0.2, 0.25) is 6.41 Å². The Hall–Kier alpha value is -3.24. The molecule has 0 fully saturated rings. The van der Waals surface area contributed by atoms with Crippen LogP contribution < -0.4 is 4.90 Å². The summed E-state index contributed by atoms with van der Waals surface area (Å²) < 4.78 is 0. The molecule has 4 rings (SSSR count). The predicted octanol–water partition coefficient (Wildman–Crippen LogP) is 5.76. The average molecular weight is 356 g/mol. The fraction of sp³-hybridized carbons (Fsp3) is 0. The summed E-state index contributed by atoms with van der Waals surface area (Å²) >= 11 is 1.52. The molecule has 0 bridgehead atoms. The van der Waals surface area contributed by atoms with Gasteiger partial charge in [0.1, 0.15) is 5.00 Å². The van der Waals surface area contributed by atoms with Crippen molar-refractivity contribution < 1.29 is 4.79 Å². The van der Waals surface area contributed by atoms with Gasteiger partial charge in [-0.3, -0.25) is 14.7 Å². The highest BCUT2D eigenvalue weighted by Crippen LogP contribution is 2.34. The lowest BCUT2D eigenvalue weighted by Crippen LogP contribution is -2.13. The Kier molecular flexibility index (Phi) is 4.58. The number of anilines is 2. The number of amides is 1. The van der Waals surface area contributed by atoms with Crippen LogP contribution in [0.25, 0.3) is 23.1 Å². The topological polar surface area (TPSA) is 33.2 Å². The molecule has 4 aromatic rings. The Morgan fingerprint density at radius 1 is 0.885 bits per heavy atom. The Labute approximate surface area is 155 Å². The maximum absolute atomic E-state index is 11.7. The van der Waals surface area contributed by atoms with E-state index < -0.39 is 0 Å². The minimum Gasteiger partial charge on any atom is -0.278 e. The smallest absolute Gasteiger partial charge is 0.219 e. The number of rotatable bonds is 5. The van der Waals surface area contributed by atoms with Gasteiger partial charge in [0.15, 0.2) is 0 Å². The van der Waals surface area contributed by atoms with Crippen molar-refractivity contribution in [2.75, 3.05) is 4.90 Å². The number of hydrogen-bond donors (Lipinski definition) is 0. The van der Waals surface area contributed by atoms with E-state index in [1.165, 1.54) is 11.3 Å². The highest BCUT2D eigenvalue weighted by molar-refractivity contribution is 7.14. The van der Waals surface area contributed by atoms with E-state index in [1.54, 1.807) is 11.1 Å². The molecule has 0 saturated carbocycles. The Balaban J connectivity index is 1.81. The summed E-state index contributed by atoms with van der Waals surface area (Å²) in [6.45, 7) is 0. The number of carbonyl (C=O) groups excluding carboxylic acids is 1. The molecule has 1 amide bonds. The van der Waals surface area contributed by atoms with Crippen molar-refractivity contribution in [3.8, 4) is 0 Å². The van der Waals surface area contributed by atoms with E-state index in [2.05, 4.69) is 29.3 Å². The van der Waals surface area contributed by atoms with Crippen molar-refractivity contribution in [3.05, 3.63) is 89.4 Å². The summed E-state index contributed by atoms with van der Waals surface area (Å²) in [5, 5.41) is 3.85. The molecular weight excluding hydrogens is 340 g/mol. The van der Waals surface area contributed by atoms with Crippen LogP contribution in [0.2, 0.25) is 0 Å². The molecule has 2 heterocycles. The maximum atomic E-state index is 11.7. The number of thiophene rings is 1. The van der Waals surface area contributed by atoms with Gasteiger partial charge in [0.25, 0.3) is 0 Å². The highest BCUT2D eigenvalue weighted by atomic mass is 32.1. The van der Waals surface area contributed by atoms with Crippen LogP contribution >= 0.6 is 11.3 Å². The van der Waals surface area contributed by atoms with Gasteiger partial charge >= 0.3 is 0 Å². The number of aromatic nitrogens is 1. The second kappa shape index (κ2) is 7.33. The Morgan fingerprint density at radius 3 is 2.54 bits per heavy atom. The first kappa shape index (κ1) is 16.2. The molecular formula is C22H16N2OS. The van der Waals surface area contributed by atoms with Gasteiger partial charge in [-0.05, 0) is 40.8 Å². The molecule has 0 saturated heterocycles. The molecule has 2 aromatic heterocycles. The molecule has 0 atom stereocenters. The van der Waals surface area contributed by atoms with Gasteiger partial charge in [0.05, 0.1) is 11.2 Å². The van der Waals surface area contributed by atoms with Crippen LogP contribution in [0.3, 0.4) is 0 Å². The van der Waals surface area contributed by atoms with Gasteiger partial charge in [-0.15, -0.1) is 11.3 Å². The van der Waals surface area contributed by atoms with Crippen molar-refractivity contribution >= 4 is 51.5 Å². The van der Waals surface area contributed by atoms with Crippen LogP contribution in [0.15, 0.2) is 78.3 Å². The van der Waals surface area contributed by atoms with E-state index in [0.29, 0.717) is 0 Å². The molecule has 0 unspecified atom stereocenters. The second-order valence-electron chi connectivity index (χ2n) is 5.74. The minimum absolute atomic E-state index is 0.787.